The molecular weight excluding hydrogens is 276 g/mol. The second kappa shape index (κ2) is 5.71. The van der Waals surface area contributed by atoms with Crippen LogP contribution in [0.2, 0.25) is 5.02 Å². The first-order valence-electron chi connectivity index (χ1n) is 6.71. The van der Waals surface area contributed by atoms with Gasteiger partial charge in [0.1, 0.15) is 11.6 Å². The number of imidazole rings is 1. The lowest BCUT2D eigenvalue weighted by Gasteiger charge is -2.24. The average molecular weight is 295 g/mol. The molecule has 2 rings (SSSR count). The van der Waals surface area contributed by atoms with Crippen LogP contribution in [0.4, 0.5) is 5.95 Å². The van der Waals surface area contributed by atoms with Crippen molar-refractivity contribution in [2.45, 2.75) is 26.8 Å². The van der Waals surface area contributed by atoms with Crippen LogP contribution in [0.15, 0.2) is 18.2 Å². The third kappa shape index (κ3) is 2.33. The predicted octanol–water partition coefficient (Wildman–Crippen LogP) is 2.70. The Morgan fingerprint density at radius 1 is 1.45 bits per heavy atom. The van der Waals surface area contributed by atoms with Gasteiger partial charge in [-0.2, -0.15) is 0 Å². The minimum absolute atomic E-state index is 0.0287. The molecule has 0 radical (unpaired) electrons. The van der Waals surface area contributed by atoms with Crippen molar-refractivity contribution in [3.8, 4) is 0 Å². The van der Waals surface area contributed by atoms with Gasteiger partial charge in [-0.1, -0.05) is 17.7 Å². The Bertz CT molecular complexity index is 633. The van der Waals surface area contributed by atoms with Crippen molar-refractivity contribution in [3.05, 3.63) is 23.2 Å². The van der Waals surface area contributed by atoms with Crippen LogP contribution in [-0.2, 0) is 4.79 Å². The fourth-order valence-electron chi connectivity index (χ4n) is 2.42. The zero-order valence-electron chi connectivity index (χ0n) is 11.9. The zero-order chi connectivity index (χ0) is 14.9. The molecule has 2 N–H and O–H groups in total. The summed E-state index contributed by atoms with van der Waals surface area (Å²) in [7, 11) is 0. The molecule has 5 nitrogen and oxygen atoms in total. The Morgan fingerprint density at radius 2 is 2.10 bits per heavy atom. The van der Waals surface area contributed by atoms with E-state index >= 15 is 0 Å². The molecule has 0 aliphatic carbocycles. The van der Waals surface area contributed by atoms with Crippen LogP contribution in [0.3, 0.4) is 0 Å². The minimum atomic E-state index is -0.404. The molecular formula is C14H19ClN4O. The van der Waals surface area contributed by atoms with Crippen molar-refractivity contribution < 1.29 is 4.79 Å². The van der Waals surface area contributed by atoms with Gasteiger partial charge < -0.3 is 10.6 Å². The molecule has 6 heteroatoms. The highest BCUT2D eigenvalue weighted by molar-refractivity contribution is 6.35. The molecule has 2 aromatic rings. The maximum atomic E-state index is 12.5. The summed E-state index contributed by atoms with van der Waals surface area (Å²) in [6, 6.07) is 5.06. The number of likely N-dealkylation sites (N-methyl/N-ethyl adjacent to an activating group) is 1. The number of rotatable bonds is 4. The number of fused-ring (bicyclic) bond motifs is 1. The topological polar surface area (TPSA) is 64.2 Å². The van der Waals surface area contributed by atoms with Crippen molar-refractivity contribution in [1.29, 1.82) is 0 Å². The molecule has 0 aliphatic rings. The Morgan fingerprint density at radius 3 is 2.70 bits per heavy atom. The number of hydrogen-bond acceptors (Lipinski definition) is 3. The normalized spacial score (nSPS) is 12.6. The van der Waals surface area contributed by atoms with Crippen molar-refractivity contribution in [2.75, 3.05) is 18.8 Å². The lowest BCUT2D eigenvalue weighted by molar-refractivity contribution is -0.133. The van der Waals surface area contributed by atoms with E-state index in [0.717, 1.165) is 5.52 Å². The molecule has 0 saturated heterocycles. The van der Waals surface area contributed by atoms with E-state index < -0.39 is 6.04 Å². The van der Waals surface area contributed by atoms with E-state index in [1.165, 1.54) is 0 Å². The second-order valence-electron chi connectivity index (χ2n) is 4.63. The summed E-state index contributed by atoms with van der Waals surface area (Å²) < 4.78 is 1.74. The standard InChI is InChI=1S/C14H19ClN4O/c1-4-18(5-2)13(20)9(3)19-11-8-6-7-10(15)12(11)17-14(19)16/h6-9H,4-5H2,1-3H3,(H2,16,17). The van der Waals surface area contributed by atoms with Gasteiger partial charge in [0.25, 0.3) is 0 Å². The van der Waals surface area contributed by atoms with Gasteiger partial charge in [0, 0.05) is 13.1 Å². The highest BCUT2D eigenvalue weighted by Gasteiger charge is 2.24. The van der Waals surface area contributed by atoms with Crippen molar-refractivity contribution >= 4 is 34.5 Å². The molecule has 1 aromatic carbocycles. The highest BCUT2D eigenvalue weighted by atomic mass is 35.5. The van der Waals surface area contributed by atoms with Crippen molar-refractivity contribution in [1.82, 2.24) is 14.5 Å². The van der Waals surface area contributed by atoms with Gasteiger partial charge in [0.2, 0.25) is 11.9 Å². The van der Waals surface area contributed by atoms with E-state index in [2.05, 4.69) is 4.98 Å². The number of aromatic nitrogens is 2. The highest BCUT2D eigenvalue weighted by Crippen LogP contribution is 2.28. The molecule has 108 valence electrons. The summed E-state index contributed by atoms with van der Waals surface area (Å²) in [6.45, 7) is 7.10. The second-order valence-corrected chi connectivity index (χ2v) is 5.04. The van der Waals surface area contributed by atoms with E-state index in [1.54, 1.807) is 15.5 Å². The first-order valence-corrected chi connectivity index (χ1v) is 7.09. The number of halogens is 1. The van der Waals surface area contributed by atoms with Crippen LogP contribution < -0.4 is 5.73 Å². The third-order valence-corrected chi connectivity index (χ3v) is 3.82. The summed E-state index contributed by atoms with van der Waals surface area (Å²) in [5, 5.41) is 0.537. The Kier molecular flexibility index (Phi) is 4.18. The van der Waals surface area contributed by atoms with Crippen molar-refractivity contribution in [3.63, 3.8) is 0 Å². The monoisotopic (exact) mass is 294 g/mol. The minimum Gasteiger partial charge on any atom is -0.369 e. The SMILES string of the molecule is CCN(CC)C(=O)C(C)n1c(N)nc2c(Cl)cccc21. The van der Waals surface area contributed by atoms with Gasteiger partial charge in [-0.3, -0.25) is 9.36 Å². The molecule has 0 bridgehead atoms. The van der Waals surface area contributed by atoms with Crippen LogP contribution in [0, 0.1) is 0 Å². The molecule has 1 atom stereocenters. The Labute approximate surface area is 123 Å². The number of para-hydroxylation sites is 1. The number of nitrogens with zero attached hydrogens (tertiary/aromatic N) is 3. The van der Waals surface area contributed by atoms with E-state index in [9.17, 15) is 4.79 Å². The number of hydrogen-bond donors (Lipinski definition) is 1. The quantitative estimate of drug-likeness (QED) is 0.943. The number of carbonyl (C=O) groups is 1. The third-order valence-electron chi connectivity index (χ3n) is 3.52. The lowest BCUT2D eigenvalue weighted by atomic mass is 10.2. The van der Waals surface area contributed by atoms with Gasteiger partial charge in [-0.05, 0) is 32.9 Å². The first-order chi connectivity index (χ1) is 9.51. The number of benzene rings is 1. The molecule has 1 aromatic heterocycles. The van der Waals surface area contributed by atoms with Crippen LogP contribution in [0.5, 0.6) is 0 Å². The number of nitrogen functional groups attached to an aromatic ring is 1. The fraction of sp³-hybridized carbons (Fsp3) is 0.429. The largest absolute Gasteiger partial charge is 0.369 e. The molecule has 0 spiro atoms. The number of anilines is 1. The van der Waals surface area contributed by atoms with Gasteiger partial charge in [-0.25, -0.2) is 4.98 Å². The molecule has 0 aliphatic heterocycles. The summed E-state index contributed by atoms with van der Waals surface area (Å²) in [4.78, 5) is 18.5. The lowest BCUT2D eigenvalue weighted by Crippen LogP contribution is -2.36. The van der Waals surface area contributed by atoms with Gasteiger partial charge >= 0.3 is 0 Å². The Hall–Kier alpha value is -1.75. The van der Waals surface area contributed by atoms with Crippen molar-refractivity contribution in [2.24, 2.45) is 0 Å². The van der Waals surface area contributed by atoms with Crippen LogP contribution in [0.1, 0.15) is 26.8 Å². The predicted molar refractivity (Wildman–Crippen MR) is 81.8 cm³/mol. The van der Waals surface area contributed by atoms with E-state index in [-0.39, 0.29) is 5.91 Å². The summed E-state index contributed by atoms with van der Waals surface area (Å²) in [5.41, 5.74) is 7.38. The molecule has 1 unspecified atom stereocenters. The van der Waals surface area contributed by atoms with E-state index in [4.69, 9.17) is 17.3 Å². The number of carbonyl (C=O) groups excluding carboxylic acids is 1. The molecule has 1 amide bonds. The van der Waals surface area contributed by atoms with Crippen LogP contribution in [0.25, 0.3) is 11.0 Å². The van der Waals surface area contributed by atoms with Crippen LogP contribution in [-0.4, -0.2) is 33.4 Å². The number of amides is 1. The number of nitrogens with two attached hydrogens (primary N) is 1. The molecule has 1 heterocycles. The van der Waals surface area contributed by atoms with E-state index in [0.29, 0.717) is 29.6 Å². The zero-order valence-corrected chi connectivity index (χ0v) is 12.7. The van der Waals surface area contributed by atoms with E-state index in [1.807, 2.05) is 32.9 Å². The molecule has 0 saturated carbocycles. The fourth-order valence-corrected chi connectivity index (χ4v) is 2.63. The first kappa shape index (κ1) is 14.7. The summed E-state index contributed by atoms with van der Waals surface area (Å²) in [5.74, 6) is 0.335. The van der Waals surface area contributed by atoms with Gasteiger partial charge in [-0.15, -0.1) is 0 Å². The average Bonchev–Trinajstić information content (AvgIpc) is 2.77. The smallest absolute Gasteiger partial charge is 0.245 e. The summed E-state index contributed by atoms with van der Waals surface area (Å²) >= 11 is 6.12. The summed E-state index contributed by atoms with van der Waals surface area (Å²) in [6.07, 6.45) is 0. The maximum absolute atomic E-state index is 12.5. The molecule has 20 heavy (non-hydrogen) atoms. The van der Waals surface area contributed by atoms with Gasteiger partial charge in [0.05, 0.1) is 10.5 Å². The van der Waals surface area contributed by atoms with Gasteiger partial charge in [0.15, 0.2) is 0 Å². The Balaban J connectivity index is 2.50. The van der Waals surface area contributed by atoms with Crippen LogP contribution >= 0.6 is 11.6 Å². The molecule has 0 fully saturated rings. The maximum Gasteiger partial charge on any atom is 0.245 e.